The fourth-order valence-electron chi connectivity index (χ4n) is 4.48. The Bertz CT molecular complexity index is 1260. The number of hydrogen-bond donors (Lipinski definition) is 1. The minimum absolute atomic E-state index is 0.0555. The van der Waals surface area contributed by atoms with Crippen LogP contribution in [-0.2, 0) is 11.2 Å². The van der Waals surface area contributed by atoms with Gasteiger partial charge in [-0.1, -0.05) is 30.3 Å². The lowest BCUT2D eigenvalue weighted by molar-refractivity contribution is -0.115. The molecule has 1 N–H and O–H groups in total. The van der Waals surface area contributed by atoms with Crippen molar-refractivity contribution in [2.75, 3.05) is 23.9 Å². The number of aryl methyl sites for hydroxylation is 1. The van der Waals surface area contributed by atoms with Crippen LogP contribution in [0, 0.1) is 0 Å². The fourth-order valence-corrected chi connectivity index (χ4v) is 4.48. The van der Waals surface area contributed by atoms with Crippen LogP contribution in [0.4, 0.5) is 17.1 Å². The standard InChI is InChI=1S/C27H25N3O3/c1-33-25-16-19(27(32)30-15-7-6-9-18-8-2-5-12-24(18)30)13-14-20(25)23-17-26(31)29-22-11-4-3-10-21(22)28-23/h2-5,8,10-14,16H,6-7,9,15,17H2,1H3,(H,29,31). The summed E-state index contributed by atoms with van der Waals surface area (Å²) in [5, 5.41) is 2.89. The van der Waals surface area contributed by atoms with Crippen molar-refractivity contribution in [1.82, 2.24) is 0 Å². The van der Waals surface area contributed by atoms with Crippen molar-refractivity contribution in [3.8, 4) is 5.75 Å². The Kier molecular flexibility index (Phi) is 5.65. The van der Waals surface area contributed by atoms with E-state index in [9.17, 15) is 9.59 Å². The molecule has 0 fully saturated rings. The summed E-state index contributed by atoms with van der Waals surface area (Å²) >= 11 is 0. The van der Waals surface area contributed by atoms with Crippen LogP contribution in [0.15, 0.2) is 71.7 Å². The molecule has 0 bridgehead atoms. The second-order valence-corrected chi connectivity index (χ2v) is 8.26. The molecule has 6 heteroatoms. The molecule has 166 valence electrons. The molecule has 0 aliphatic carbocycles. The molecule has 0 radical (unpaired) electrons. The van der Waals surface area contributed by atoms with Gasteiger partial charge in [-0.3, -0.25) is 9.59 Å². The Balaban J connectivity index is 1.51. The molecule has 0 aromatic heterocycles. The first-order valence-electron chi connectivity index (χ1n) is 11.2. The van der Waals surface area contributed by atoms with Crippen molar-refractivity contribution in [1.29, 1.82) is 0 Å². The number of benzene rings is 3. The van der Waals surface area contributed by atoms with E-state index in [1.54, 1.807) is 19.2 Å². The summed E-state index contributed by atoms with van der Waals surface area (Å²) in [6.45, 7) is 0.684. The predicted octanol–water partition coefficient (Wildman–Crippen LogP) is 5.14. The first kappa shape index (κ1) is 20.9. The maximum absolute atomic E-state index is 13.5. The van der Waals surface area contributed by atoms with Gasteiger partial charge in [0, 0.05) is 23.4 Å². The van der Waals surface area contributed by atoms with Crippen LogP contribution in [0.5, 0.6) is 5.75 Å². The first-order chi connectivity index (χ1) is 16.1. The van der Waals surface area contributed by atoms with Gasteiger partial charge in [0.25, 0.3) is 5.91 Å². The highest BCUT2D eigenvalue weighted by atomic mass is 16.5. The SMILES string of the molecule is COc1cc(C(=O)N2CCCCc3ccccc32)ccc1C1=Nc2ccccc2NC(=O)C1. The quantitative estimate of drug-likeness (QED) is 0.614. The van der Waals surface area contributed by atoms with Crippen LogP contribution in [0.3, 0.4) is 0 Å². The van der Waals surface area contributed by atoms with Crippen molar-refractivity contribution in [2.45, 2.75) is 25.7 Å². The third-order valence-electron chi connectivity index (χ3n) is 6.13. The van der Waals surface area contributed by atoms with E-state index >= 15 is 0 Å². The molecule has 0 atom stereocenters. The summed E-state index contributed by atoms with van der Waals surface area (Å²) in [7, 11) is 1.57. The Morgan fingerprint density at radius 1 is 1.03 bits per heavy atom. The number of nitrogens with zero attached hydrogens (tertiary/aromatic N) is 2. The highest BCUT2D eigenvalue weighted by Gasteiger charge is 2.25. The van der Waals surface area contributed by atoms with Gasteiger partial charge in [-0.2, -0.15) is 0 Å². The Morgan fingerprint density at radius 2 is 1.85 bits per heavy atom. The lowest BCUT2D eigenvalue weighted by Gasteiger charge is -2.23. The molecule has 0 saturated heterocycles. The number of amides is 2. The van der Waals surface area contributed by atoms with Gasteiger partial charge in [0.15, 0.2) is 0 Å². The third-order valence-corrected chi connectivity index (χ3v) is 6.13. The highest BCUT2D eigenvalue weighted by molar-refractivity contribution is 6.18. The molecule has 2 heterocycles. The number of anilines is 2. The van der Waals surface area contributed by atoms with Gasteiger partial charge in [-0.25, -0.2) is 4.99 Å². The van der Waals surface area contributed by atoms with Crippen molar-refractivity contribution in [3.05, 3.63) is 83.4 Å². The number of ether oxygens (including phenoxy) is 1. The number of carbonyl (C=O) groups excluding carboxylic acids is 2. The van der Waals surface area contributed by atoms with Crippen LogP contribution < -0.4 is 15.0 Å². The topological polar surface area (TPSA) is 71.0 Å². The second kappa shape index (κ2) is 8.90. The van der Waals surface area contributed by atoms with Gasteiger partial charge in [0.05, 0.1) is 30.6 Å². The zero-order valence-corrected chi connectivity index (χ0v) is 18.5. The zero-order valence-electron chi connectivity index (χ0n) is 18.5. The summed E-state index contributed by atoms with van der Waals surface area (Å²) < 4.78 is 5.65. The monoisotopic (exact) mass is 439 g/mol. The van der Waals surface area contributed by atoms with E-state index in [-0.39, 0.29) is 18.2 Å². The predicted molar refractivity (Wildman–Crippen MR) is 130 cm³/mol. The molecule has 2 amide bonds. The van der Waals surface area contributed by atoms with E-state index in [1.807, 2.05) is 53.4 Å². The maximum atomic E-state index is 13.5. The smallest absolute Gasteiger partial charge is 0.258 e. The van der Waals surface area contributed by atoms with E-state index in [1.165, 1.54) is 5.56 Å². The highest BCUT2D eigenvalue weighted by Crippen LogP contribution is 2.32. The average molecular weight is 440 g/mol. The van der Waals surface area contributed by atoms with Gasteiger partial charge in [0.1, 0.15) is 5.75 Å². The molecule has 0 saturated carbocycles. The Hall–Kier alpha value is -3.93. The Morgan fingerprint density at radius 3 is 2.73 bits per heavy atom. The number of rotatable bonds is 3. The summed E-state index contributed by atoms with van der Waals surface area (Å²) in [5.41, 5.74) is 5.41. The van der Waals surface area contributed by atoms with E-state index < -0.39 is 0 Å². The van der Waals surface area contributed by atoms with Crippen LogP contribution in [0.1, 0.15) is 40.7 Å². The molecule has 6 nitrogen and oxygen atoms in total. The van der Waals surface area contributed by atoms with E-state index in [0.29, 0.717) is 40.5 Å². The van der Waals surface area contributed by atoms with Crippen molar-refractivity contribution in [2.24, 2.45) is 4.99 Å². The van der Waals surface area contributed by atoms with Gasteiger partial charge in [-0.15, -0.1) is 0 Å². The maximum Gasteiger partial charge on any atom is 0.258 e. The number of hydrogen-bond acceptors (Lipinski definition) is 4. The third kappa shape index (κ3) is 4.12. The lowest BCUT2D eigenvalue weighted by Crippen LogP contribution is -2.31. The molecule has 2 aliphatic rings. The summed E-state index contributed by atoms with van der Waals surface area (Å²) in [6, 6.07) is 20.9. The van der Waals surface area contributed by atoms with Crippen LogP contribution in [-0.4, -0.2) is 31.2 Å². The molecule has 0 spiro atoms. The van der Waals surface area contributed by atoms with Gasteiger partial charge in [-0.05, 0) is 61.2 Å². The molecular weight excluding hydrogens is 414 g/mol. The van der Waals surface area contributed by atoms with Crippen LogP contribution in [0.25, 0.3) is 0 Å². The number of para-hydroxylation sites is 3. The molecule has 3 aromatic rings. The number of fused-ring (bicyclic) bond motifs is 2. The van der Waals surface area contributed by atoms with Crippen molar-refractivity contribution >= 4 is 34.6 Å². The number of aliphatic imine (C=N–C) groups is 1. The number of carbonyl (C=O) groups is 2. The van der Waals surface area contributed by atoms with E-state index in [4.69, 9.17) is 9.73 Å². The molecule has 3 aromatic carbocycles. The molecule has 5 rings (SSSR count). The minimum Gasteiger partial charge on any atom is -0.496 e. The van der Waals surface area contributed by atoms with Gasteiger partial charge < -0.3 is 15.0 Å². The average Bonchev–Trinajstić information content (AvgIpc) is 3.16. The van der Waals surface area contributed by atoms with Crippen LogP contribution >= 0.6 is 0 Å². The zero-order chi connectivity index (χ0) is 22.8. The molecular formula is C27H25N3O3. The normalized spacial score (nSPS) is 15.4. The minimum atomic E-state index is -0.137. The lowest BCUT2D eigenvalue weighted by atomic mass is 10.0. The number of nitrogens with one attached hydrogen (secondary N) is 1. The molecule has 2 aliphatic heterocycles. The largest absolute Gasteiger partial charge is 0.496 e. The number of methoxy groups -OCH3 is 1. The van der Waals surface area contributed by atoms with Crippen molar-refractivity contribution < 1.29 is 14.3 Å². The van der Waals surface area contributed by atoms with Crippen molar-refractivity contribution in [3.63, 3.8) is 0 Å². The first-order valence-corrected chi connectivity index (χ1v) is 11.2. The molecule has 33 heavy (non-hydrogen) atoms. The second-order valence-electron chi connectivity index (χ2n) is 8.26. The molecule has 0 unspecified atom stereocenters. The summed E-state index contributed by atoms with van der Waals surface area (Å²) in [4.78, 5) is 32.6. The summed E-state index contributed by atoms with van der Waals surface area (Å²) in [6.07, 6.45) is 3.12. The summed E-state index contributed by atoms with van der Waals surface area (Å²) in [5.74, 6) is 0.331. The Labute approximate surface area is 192 Å². The van der Waals surface area contributed by atoms with E-state index in [0.717, 1.165) is 24.9 Å². The van der Waals surface area contributed by atoms with Gasteiger partial charge in [0.2, 0.25) is 5.91 Å². The fraction of sp³-hybridized carbons (Fsp3) is 0.222. The van der Waals surface area contributed by atoms with Gasteiger partial charge >= 0.3 is 0 Å². The van der Waals surface area contributed by atoms with E-state index in [2.05, 4.69) is 11.4 Å². The van der Waals surface area contributed by atoms with Crippen LogP contribution in [0.2, 0.25) is 0 Å².